The molecule has 4 aromatic rings. The van der Waals surface area contributed by atoms with Crippen molar-refractivity contribution in [2.24, 2.45) is 0 Å². The SMILES string of the molecule is COc1cc(NC(=O)C(C)Sc2cccc(NC(=O)/C(=C\c3ccc(Cl)cc3Cl)NC(=O)c3ccccc3)c2)cc(OC)c1. The lowest BCUT2D eigenvalue weighted by Gasteiger charge is -2.15. The minimum atomic E-state index is -0.569. The molecule has 0 bridgehead atoms. The summed E-state index contributed by atoms with van der Waals surface area (Å²) in [6.45, 7) is 1.78. The van der Waals surface area contributed by atoms with E-state index in [9.17, 15) is 14.4 Å². The molecule has 0 aliphatic rings. The van der Waals surface area contributed by atoms with E-state index in [1.807, 2.05) is 6.07 Å². The smallest absolute Gasteiger partial charge is 0.272 e. The van der Waals surface area contributed by atoms with Crippen LogP contribution in [0.2, 0.25) is 10.0 Å². The molecule has 0 spiro atoms. The first-order valence-corrected chi connectivity index (χ1v) is 14.9. The lowest BCUT2D eigenvalue weighted by atomic mass is 10.1. The molecular weight excluding hydrogens is 621 g/mol. The van der Waals surface area contributed by atoms with E-state index in [1.165, 1.54) is 32.1 Å². The van der Waals surface area contributed by atoms with Gasteiger partial charge in [0.15, 0.2) is 0 Å². The fraction of sp³-hybridized carbons (Fsp3) is 0.121. The van der Waals surface area contributed by atoms with Gasteiger partial charge in [-0.05, 0) is 61.0 Å². The number of halogens is 2. The van der Waals surface area contributed by atoms with Gasteiger partial charge in [0.25, 0.3) is 11.8 Å². The third-order valence-corrected chi connectivity index (χ3v) is 7.84. The molecule has 4 rings (SSSR count). The summed E-state index contributed by atoms with van der Waals surface area (Å²) in [5, 5.41) is 8.66. The Balaban J connectivity index is 1.49. The maximum absolute atomic E-state index is 13.5. The number of benzene rings is 4. The number of anilines is 2. The first-order chi connectivity index (χ1) is 21.1. The van der Waals surface area contributed by atoms with E-state index in [4.69, 9.17) is 32.7 Å². The number of amides is 3. The highest BCUT2D eigenvalue weighted by molar-refractivity contribution is 8.00. The van der Waals surface area contributed by atoms with Gasteiger partial charge in [-0.1, -0.05) is 53.5 Å². The van der Waals surface area contributed by atoms with Gasteiger partial charge in [0, 0.05) is 50.1 Å². The summed E-state index contributed by atoms with van der Waals surface area (Å²) in [4.78, 5) is 40.1. The molecule has 0 saturated heterocycles. The Labute approximate surface area is 269 Å². The molecule has 0 fully saturated rings. The average Bonchev–Trinajstić information content (AvgIpc) is 3.02. The Bertz CT molecular complexity index is 1680. The summed E-state index contributed by atoms with van der Waals surface area (Å²) in [6, 6.07) is 25.5. The Morgan fingerprint density at radius 3 is 2.16 bits per heavy atom. The van der Waals surface area contributed by atoms with Crippen LogP contribution in [-0.4, -0.2) is 37.2 Å². The van der Waals surface area contributed by atoms with Crippen molar-refractivity contribution in [1.29, 1.82) is 0 Å². The average molecular weight is 651 g/mol. The van der Waals surface area contributed by atoms with Gasteiger partial charge in [-0.3, -0.25) is 14.4 Å². The van der Waals surface area contributed by atoms with Gasteiger partial charge < -0.3 is 25.4 Å². The Kier molecular flexibility index (Phi) is 11.3. The summed E-state index contributed by atoms with van der Waals surface area (Å²) in [7, 11) is 3.07. The van der Waals surface area contributed by atoms with Crippen molar-refractivity contribution in [3.63, 3.8) is 0 Å². The second kappa shape index (κ2) is 15.3. The summed E-state index contributed by atoms with van der Waals surface area (Å²) in [6.07, 6.45) is 1.48. The van der Waals surface area contributed by atoms with E-state index in [0.717, 1.165) is 4.90 Å². The maximum atomic E-state index is 13.5. The molecule has 3 amide bonds. The summed E-state index contributed by atoms with van der Waals surface area (Å²) >= 11 is 13.7. The van der Waals surface area contributed by atoms with Crippen LogP contribution in [0.25, 0.3) is 6.08 Å². The number of hydrogen-bond acceptors (Lipinski definition) is 6. The van der Waals surface area contributed by atoms with Crippen molar-refractivity contribution in [1.82, 2.24) is 5.32 Å². The molecule has 0 aliphatic carbocycles. The molecule has 44 heavy (non-hydrogen) atoms. The van der Waals surface area contributed by atoms with E-state index < -0.39 is 17.1 Å². The van der Waals surface area contributed by atoms with Gasteiger partial charge in [0.05, 0.1) is 19.5 Å². The third kappa shape index (κ3) is 9.03. The van der Waals surface area contributed by atoms with E-state index in [0.29, 0.717) is 44.0 Å². The van der Waals surface area contributed by atoms with Crippen molar-refractivity contribution in [3.05, 3.63) is 118 Å². The van der Waals surface area contributed by atoms with Crippen molar-refractivity contribution < 1.29 is 23.9 Å². The van der Waals surface area contributed by atoms with Crippen LogP contribution >= 0.6 is 35.0 Å². The monoisotopic (exact) mass is 649 g/mol. The Morgan fingerprint density at radius 2 is 1.50 bits per heavy atom. The number of ether oxygens (including phenoxy) is 2. The number of hydrogen-bond donors (Lipinski definition) is 3. The topological polar surface area (TPSA) is 106 Å². The zero-order valence-electron chi connectivity index (χ0n) is 24.0. The zero-order valence-corrected chi connectivity index (χ0v) is 26.3. The number of carbonyl (C=O) groups excluding carboxylic acids is 3. The van der Waals surface area contributed by atoms with Crippen LogP contribution < -0.4 is 25.4 Å². The van der Waals surface area contributed by atoms with Crippen LogP contribution in [0.4, 0.5) is 11.4 Å². The highest BCUT2D eigenvalue weighted by Crippen LogP contribution is 2.29. The molecule has 226 valence electrons. The second-order valence-electron chi connectivity index (χ2n) is 9.38. The van der Waals surface area contributed by atoms with Crippen molar-refractivity contribution >= 4 is 70.1 Å². The van der Waals surface area contributed by atoms with Crippen LogP contribution in [0.15, 0.2) is 102 Å². The van der Waals surface area contributed by atoms with E-state index in [1.54, 1.807) is 91.9 Å². The third-order valence-electron chi connectivity index (χ3n) is 6.18. The molecular formula is C33H29Cl2N3O5S. The fourth-order valence-electron chi connectivity index (χ4n) is 3.94. The lowest BCUT2D eigenvalue weighted by molar-refractivity contribution is -0.115. The standard InChI is InChI=1S/C33H29Cl2N3O5S/c1-20(31(39)37-25-16-26(42-2)19-27(17-25)43-3)44-28-11-7-10-24(18-28)36-33(41)30(14-22-12-13-23(34)15-29(22)35)38-32(40)21-8-5-4-6-9-21/h4-20H,1-3H3,(H,36,41)(H,37,39)(H,38,40)/b30-14+. The van der Waals surface area contributed by atoms with Crippen LogP contribution in [0.1, 0.15) is 22.8 Å². The molecule has 0 radical (unpaired) electrons. The summed E-state index contributed by atoms with van der Waals surface area (Å²) in [5.74, 6) is -0.159. The van der Waals surface area contributed by atoms with Crippen LogP contribution in [0, 0.1) is 0 Å². The highest BCUT2D eigenvalue weighted by atomic mass is 35.5. The number of carbonyl (C=O) groups is 3. The Morgan fingerprint density at radius 1 is 0.795 bits per heavy atom. The number of rotatable bonds is 11. The quantitative estimate of drug-likeness (QED) is 0.114. The van der Waals surface area contributed by atoms with Gasteiger partial charge in [0.2, 0.25) is 5.91 Å². The van der Waals surface area contributed by atoms with Gasteiger partial charge in [-0.25, -0.2) is 0 Å². The zero-order chi connectivity index (χ0) is 31.6. The molecule has 1 unspecified atom stereocenters. The predicted octanol–water partition coefficient (Wildman–Crippen LogP) is 7.54. The molecule has 1 atom stereocenters. The molecule has 3 N–H and O–H groups in total. The lowest BCUT2D eigenvalue weighted by Crippen LogP contribution is -2.30. The second-order valence-corrected chi connectivity index (χ2v) is 11.6. The van der Waals surface area contributed by atoms with Crippen molar-refractivity contribution in [2.75, 3.05) is 24.9 Å². The van der Waals surface area contributed by atoms with Gasteiger partial charge in [0.1, 0.15) is 17.2 Å². The molecule has 11 heteroatoms. The van der Waals surface area contributed by atoms with E-state index in [2.05, 4.69) is 16.0 Å². The maximum Gasteiger partial charge on any atom is 0.272 e. The normalized spacial score (nSPS) is 11.7. The molecule has 0 aliphatic heterocycles. The molecule has 4 aromatic carbocycles. The molecule has 0 saturated carbocycles. The predicted molar refractivity (Wildman–Crippen MR) is 177 cm³/mol. The first-order valence-electron chi connectivity index (χ1n) is 13.3. The van der Waals surface area contributed by atoms with Gasteiger partial charge >= 0.3 is 0 Å². The molecule has 0 aromatic heterocycles. The van der Waals surface area contributed by atoms with E-state index >= 15 is 0 Å². The number of nitrogens with one attached hydrogen (secondary N) is 3. The van der Waals surface area contributed by atoms with Crippen LogP contribution in [0.3, 0.4) is 0 Å². The van der Waals surface area contributed by atoms with E-state index in [-0.39, 0.29) is 11.6 Å². The van der Waals surface area contributed by atoms with Crippen molar-refractivity contribution in [2.45, 2.75) is 17.1 Å². The van der Waals surface area contributed by atoms with Crippen molar-refractivity contribution in [3.8, 4) is 11.5 Å². The largest absolute Gasteiger partial charge is 0.497 e. The fourth-order valence-corrected chi connectivity index (χ4v) is 5.33. The Hall–Kier alpha value is -4.44. The highest BCUT2D eigenvalue weighted by Gasteiger charge is 2.18. The van der Waals surface area contributed by atoms with Gasteiger partial charge in [-0.2, -0.15) is 0 Å². The summed E-state index contributed by atoms with van der Waals surface area (Å²) in [5.41, 5.74) is 1.85. The van der Waals surface area contributed by atoms with Gasteiger partial charge in [-0.15, -0.1) is 11.8 Å². The number of thioether (sulfide) groups is 1. The first kappa shape index (κ1) is 32.5. The van der Waals surface area contributed by atoms with Crippen LogP contribution in [0.5, 0.6) is 11.5 Å². The minimum Gasteiger partial charge on any atom is -0.497 e. The molecule has 0 heterocycles. The van der Waals surface area contributed by atoms with Crippen LogP contribution in [-0.2, 0) is 9.59 Å². The minimum absolute atomic E-state index is 0.0254. The summed E-state index contributed by atoms with van der Waals surface area (Å²) < 4.78 is 10.5. The molecule has 8 nitrogen and oxygen atoms in total. The number of methoxy groups -OCH3 is 2.